The molecule has 0 unspecified atom stereocenters. The van der Waals surface area contributed by atoms with Gasteiger partial charge < -0.3 is 15.5 Å². The number of halogens is 1. The van der Waals surface area contributed by atoms with Gasteiger partial charge in [0.1, 0.15) is 0 Å². The minimum atomic E-state index is 0.139. The molecule has 1 amide bonds. The Morgan fingerprint density at radius 2 is 2.17 bits per heavy atom. The maximum Gasteiger partial charge on any atom is 0.228 e. The molecule has 1 aromatic carbocycles. The Balaban J connectivity index is 2.57. The zero-order valence-electron chi connectivity index (χ0n) is 10.7. The van der Waals surface area contributed by atoms with Gasteiger partial charge in [0.15, 0.2) is 0 Å². The van der Waals surface area contributed by atoms with Crippen molar-refractivity contribution in [2.45, 2.75) is 13.3 Å². The number of fused-ring (bicyclic) bond motifs is 1. The highest BCUT2D eigenvalue weighted by atomic mass is 79.9. The normalized spacial score (nSPS) is 15.7. The molecule has 0 radical (unpaired) electrons. The highest BCUT2D eigenvalue weighted by Crippen LogP contribution is 2.39. The fraction of sp³-hybridized carbons (Fsp3) is 0.462. The first-order valence-corrected chi connectivity index (χ1v) is 6.85. The van der Waals surface area contributed by atoms with E-state index in [9.17, 15) is 4.79 Å². The number of nitrogens with zero attached hydrogens (tertiary/aromatic N) is 2. The van der Waals surface area contributed by atoms with E-state index in [2.05, 4.69) is 33.8 Å². The Morgan fingerprint density at radius 3 is 2.83 bits per heavy atom. The topological polar surface area (TPSA) is 49.6 Å². The van der Waals surface area contributed by atoms with Crippen molar-refractivity contribution in [1.29, 1.82) is 0 Å². The molecule has 1 aliphatic heterocycles. The summed E-state index contributed by atoms with van der Waals surface area (Å²) in [7, 11) is 1.83. The average Bonchev–Trinajstić information content (AvgIpc) is 2.42. The van der Waals surface area contributed by atoms with E-state index in [4.69, 9.17) is 5.73 Å². The second kappa shape index (κ2) is 5.28. The van der Waals surface area contributed by atoms with E-state index in [1.807, 2.05) is 13.1 Å². The standard InChI is InChI=1S/C13H18BrN3O/c1-9-7-10(14)13-11(8-9)17(6-4-15)5-3-12(18)16(13)2/h7-8H,3-6,15H2,1-2H3. The molecule has 0 bridgehead atoms. The molecule has 5 heteroatoms. The van der Waals surface area contributed by atoms with Crippen LogP contribution in [0, 0.1) is 6.92 Å². The van der Waals surface area contributed by atoms with E-state index in [1.165, 1.54) is 5.56 Å². The van der Waals surface area contributed by atoms with Crippen LogP contribution < -0.4 is 15.5 Å². The first-order chi connectivity index (χ1) is 8.54. The largest absolute Gasteiger partial charge is 0.368 e. The maximum absolute atomic E-state index is 12.0. The van der Waals surface area contributed by atoms with Crippen LogP contribution in [0.25, 0.3) is 0 Å². The number of aryl methyl sites for hydroxylation is 1. The lowest BCUT2D eigenvalue weighted by atomic mass is 10.1. The summed E-state index contributed by atoms with van der Waals surface area (Å²) in [6.07, 6.45) is 0.524. The Morgan fingerprint density at radius 1 is 1.44 bits per heavy atom. The van der Waals surface area contributed by atoms with Crippen LogP contribution in [0.4, 0.5) is 11.4 Å². The highest BCUT2D eigenvalue weighted by molar-refractivity contribution is 9.10. The van der Waals surface area contributed by atoms with E-state index >= 15 is 0 Å². The van der Waals surface area contributed by atoms with Crippen LogP contribution in [0.2, 0.25) is 0 Å². The van der Waals surface area contributed by atoms with Gasteiger partial charge in [0.25, 0.3) is 0 Å². The van der Waals surface area contributed by atoms with Gasteiger partial charge in [-0.05, 0) is 40.5 Å². The molecule has 0 saturated heterocycles. The summed E-state index contributed by atoms with van der Waals surface area (Å²) in [5, 5.41) is 0. The smallest absolute Gasteiger partial charge is 0.228 e. The number of amides is 1. The second-order valence-corrected chi connectivity index (χ2v) is 5.45. The predicted octanol–water partition coefficient (Wildman–Crippen LogP) is 1.89. The van der Waals surface area contributed by atoms with Crippen molar-refractivity contribution in [2.75, 3.05) is 36.5 Å². The molecule has 1 aromatic rings. The SMILES string of the molecule is Cc1cc(Br)c2c(c1)N(CCN)CCC(=O)N2C. The van der Waals surface area contributed by atoms with Gasteiger partial charge in [-0.15, -0.1) is 0 Å². The Labute approximate surface area is 116 Å². The van der Waals surface area contributed by atoms with Gasteiger partial charge in [0, 0.05) is 37.6 Å². The molecule has 98 valence electrons. The molecule has 0 saturated carbocycles. The Kier molecular flexibility index (Phi) is 3.92. The maximum atomic E-state index is 12.0. The average molecular weight is 312 g/mol. The number of rotatable bonds is 2. The van der Waals surface area contributed by atoms with Crippen molar-refractivity contribution in [3.05, 3.63) is 22.2 Å². The molecule has 2 rings (SSSR count). The van der Waals surface area contributed by atoms with Gasteiger partial charge in [-0.3, -0.25) is 4.79 Å². The third-order valence-corrected chi connectivity index (χ3v) is 3.84. The van der Waals surface area contributed by atoms with Gasteiger partial charge in [-0.1, -0.05) is 0 Å². The molecule has 1 aliphatic rings. The van der Waals surface area contributed by atoms with Gasteiger partial charge in [0.2, 0.25) is 5.91 Å². The van der Waals surface area contributed by atoms with E-state index in [1.54, 1.807) is 4.90 Å². The summed E-state index contributed by atoms with van der Waals surface area (Å²) in [4.78, 5) is 15.9. The van der Waals surface area contributed by atoms with Crippen molar-refractivity contribution in [2.24, 2.45) is 5.73 Å². The lowest BCUT2D eigenvalue weighted by Gasteiger charge is -2.26. The summed E-state index contributed by atoms with van der Waals surface area (Å²) in [5.41, 5.74) is 8.86. The Hall–Kier alpha value is -1.07. The third-order valence-electron chi connectivity index (χ3n) is 3.23. The molecule has 0 spiro atoms. The summed E-state index contributed by atoms with van der Waals surface area (Å²) in [6, 6.07) is 4.15. The van der Waals surface area contributed by atoms with Crippen LogP contribution in [0.1, 0.15) is 12.0 Å². The van der Waals surface area contributed by atoms with E-state index in [-0.39, 0.29) is 5.91 Å². The molecule has 2 N–H and O–H groups in total. The zero-order chi connectivity index (χ0) is 13.3. The quantitative estimate of drug-likeness (QED) is 0.907. The van der Waals surface area contributed by atoms with Crippen molar-refractivity contribution < 1.29 is 4.79 Å². The number of hydrogen-bond acceptors (Lipinski definition) is 3. The summed E-state index contributed by atoms with van der Waals surface area (Å²) < 4.78 is 0.956. The molecule has 0 atom stereocenters. The first kappa shape index (κ1) is 13.4. The van der Waals surface area contributed by atoms with Crippen molar-refractivity contribution in [3.63, 3.8) is 0 Å². The molecule has 0 aromatic heterocycles. The molecular weight excluding hydrogens is 294 g/mol. The summed E-state index contributed by atoms with van der Waals surface area (Å²) in [5.74, 6) is 0.139. The number of carbonyl (C=O) groups excluding carboxylic acids is 1. The fourth-order valence-electron chi connectivity index (χ4n) is 2.32. The number of anilines is 2. The van der Waals surface area contributed by atoms with Crippen LogP contribution in [0.5, 0.6) is 0 Å². The monoisotopic (exact) mass is 311 g/mol. The van der Waals surface area contributed by atoms with Crippen molar-refractivity contribution >= 4 is 33.2 Å². The van der Waals surface area contributed by atoms with Crippen LogP contribution >= 0.6 is 15.9 Å². The van der Waals surface area contributed by atoms with Crippen molar-refractivity contribution in [3.8, 4) is 0 Å². The van der Waals surface area contributed by atoms with Crippen LogP contribution in [0.15, 0.2) is 16.6 Å². The predicted molar refractivity (Wildman–Crippen MR) is 78.2 cm³/mol. The zero-order valence-corrected chi connectivity index (χ0v) is 12.3. The van der Waals surface area contributed by atoms with Crippen molar-refractivity contribution in [1.82, 2.24) is 0 Å². The van der Waals surface area contributed by atoms with Crippen LogP contribution in [0.3, 0.4) is 0 Å². The fourth-order valence-corrected chi connectivity index (χ4v) is 3.15. The minimum Gasteiger partial charge on any atom is -0.368 e. The third kappa shape index (κ3) is 2.37. The van der Waals surface area contributed by atoms with Gasteiger partial charge in [-0.25, -0.2) is 0 Å². The number of carbonyl (C=O) groups is 1. The second-order valence-electron chi connectivity index (χ2n) is 4.59. The minimum absolute atomic E-state index is 0.139. The van der Waals surface area contributed by atoms with Gasteiger partial charge in [-0.2, -0.15) is 0 Å². The number of nitrogens with two attached hydrogens (primary N) is 1. The number of hydrogen-bond donors (Lipinski definition) is 1. The lowest BCUT2D eigenvalue weighted by molar-refractivity contribution is -0.118. The summed E-state index contributed by atoms with van der Waals surface area (Å²) >= 11 is 3.56. The molecular formula is C13H18BrN3O. The van der Waals surface area contributed by atoms with Crippen LogP contribution in [-0.4, -0.2) is 32.6 Å². The van der Waals surface area contributed by atoms with E-state index < -0.39 is 0 Å². The van der Waals surface area contributed by atoms with E-state index in [0.29, 0.717) is 13.0 Å². The first-order valence-electron chi connectivity index (χ1n) is 6.06. The van der Waals surface area contributed by atoms with Gasteiger partial charge in [0.05, 0.1) is 11.4 Å². The molecule has 18 heavy (non-hydrogen) atoms. The lowest BCUT2D eigenvalue weighted by Crippen LogP contribution is -2.30. The Bertz CT molecular complexity index is 476. The summed E-state index contributed by atoms with van der Waals surface area (Å²) in [6.45, 7) is 4.13. The molecule has 0 fully saturated rings. The van der Waals surface area contributed by atoms with E-state index in [0.717, 1.165) is 28.9 Å². The van der Waals surface area contributed by atoms with Crippen LogP contribution in [-0.2, 0) is 4.79 Å². The molecule has 4 nitrogen and oxygen atoms in total. The molecule has 1 heterocycles. The number of benzene rings is 1. The highest BCUT2D eigenvalue weighted by Gasteiger charge is 2.25. The van der Waals surface area contributed by atoms with Gasteiger partial charge >= 0.3 is 0 Å². The molecule has 0 aliphatic carbocycles.